The van der Waals surface area contributed by atoms with Gasteiger partial charge in [-0.05, 0) is 18.9 Å². The first-order valence-corrected chi connectivity index (χ1v) is 8.07. The van der Waals surface area contributed by atoms with Gasteiger partial charge in [0.05, 0.1) is 18.4 Å². The number of alkyl halides is 1. The van der Waals surface area contributed by atoms with Crippen molar-refractivity contribution in [2.75, 3.05) is 13.1 Å². The summed E-state index contributed by atoms with van der Waals surface area (Å²) in [4.78, 5) is 22.5. The Hall–Kier alpha value is -2.02. The van der Waals surface area contributed by atoms with Gasteiger partial charge in [-0.1, -0.05) is 12.8 Å². The van der Waals surface area contributed by atoms with E-state index in [-0.39, 0.29) is 19.0 Å². The molecule has 0 aromatic carbocycles. The summed E-state index contributed by atoms with van der Waals surface area (Å²) in [6, 6.07) is 2.14. The molecule has 1 saturated heterocycles. The van der Waals surface area contributed by atoms with Crippen molar-refractivity contribution in [2.24, 2.45) is 0 Å². The first-order chi connectivity index (χ1) is 11.1. The summed E-state index contributed by atoms with van der Waals surface area (Å²) < 4.78 is 15.5. The van der Waals surface area contributed by atoms with Crippen LogP contribution in [0.4, 0.5) is 4.39 Å². The van der Waals surface area contributed by atoms with E-state index in [1.807, 2.05) is 0 Å². The second-order valence-corrected chi connectivity index (χ2v) is 6.45. The molecule has 23 heavy (non-hydrogen) atoms. The summed E-state index contributed by atoms with van der Waals surface area (Å²) in [5.41, 5.74) is 1.85. The molecule has 1 saturated carbocycles. The van der Waals surface area contributed by atoms with E-state index in [9.17, 15) is 14.3 Å². The van der Waals surface area contributed by atoms with Crippen LogP contribution in [0.1, 0.15) is 42.1 Å². The number of imidazole rings is 1. The van der Waals surface area contributed by atoms with Gasteiger partial charge in [0.15, 0.2) is 5.65 Å². The number of aliphatic hydroxyl groups excluding tert-OH is 1. The number of aromatic nitrogens is 3. The van der Waals surface area contributed by atoms with Crippen LogP contribution in [0.2, 0.25) is 0 Å². The van der Waals surface area contributed by atoms with Gasteiger partial charge in [0, 0.05) is 18.8 Å². The third-order valence-electron chi connectivity index (χ3n) is 4.89. The monoisotopic (exact) mass is 318 g/mol. The smallest absolute Gasteiger partial charge is 0.255 e. The molecule has 2 atom stereocenters. The molecule has 0 spiro atoms. The second kappa shape index (κ2) is 5.56. The number of β-amino-alcohol motifs (C(OH)–C–C–N with tert-alkyl or cyclic N) is 1. The van der Waals surface area contributed by atoms with Crippen molar-refractivity contribution in [1.82, 2.24) is 19.4 Å². The van der Waals surface area contributed by atoms with E-state index in [1.54, 1.807) is 12.4 Å². The van der Waals surface area contributed by atoms with Crippen molar-refractivity contribution in [3.63, 3.8) is 0 Å². The molecule has 2 aromatic rings. The summed E-state index contributed by atoms with van der Waals surface area (Å²) in [6.45, 7) is -0.0525. The minimum absolute atomic E-state index is 0.0224. The van der Waals surface area contributed by atoms with Crippen LogP contribution in [0.5, 0.6) is 0 Å². The average Bonchev–Trinajstić information content (AvgIpc) is 3.26. The Morgan fingerprint density at radius 2 is 2.04 bits per heavy atom. The molecule has 1 aliphatic carbocycles. The van der Waals surface area contributed by atoms with Gasteiger partial charge in [-0.3, -0.25) is 4.79 Å². The second-order valence-electron chi connectivity index (χ2n) is 6.45. The van der Waals surface area contributed by atoms with E-state index in [1.165, 1.54) is 23.9 Å². The molecule has 6 nitrogen and oxygen atoms in total. The van der Waals surface area contributed by atoms with Crippen molar-refractivity contribution in [2.45, 2.75) is 44.0 Å². The molecule has 0 radical (unpaired) electrons. The maximum absolute atomic E-state index is 13.4. The lowest BCUT2D eigenvalue weighted by Gasteiger charge is -2.15. The quantitative estimate of drug-likeness (QED) is 0.915. The van der Waals surface area contributed by atoms with E-state index in [0.29, 0.717) is 17.1 Å². The van der Waals surface area contributed by atoms with Crippen LogP contribution in [0.3, 0.4) is 0 Å². The van der Waals surface area contributed by atoms with Crippen LogP contribution < -0.4 is 0 Å². The first-order valence-electron chi connectivity index (χ1n) is 8.07. The lowest BCUT2D eigenvalue weighted by Crippen LogP contribution is -2.29. The largest absolute Gasteiger partial charge is 0.388 e. The number of fused-ring (bicyclic) bond motifs is 1. The third kappa shape index (κ3) is 2.49. The number of rotatable bonds is 2. The number of carbonyl (C=O) groups excluding carboxylic acids is 1. The van der Waals surface area contributed by atoms with Gasteiger partial charge in [-0.2, -0.15) is 0 Å². The first kappa shape index (κ1) is 14.6. The summed E-state index contributed by atoms with van der Waals surface area (Å²) >= 11 is 0. The van der Waals surface area contributed by atoms with Crippen LogP contribution in [-0.4, -0.2) is 55.8 Å². The molecule has 2 aromatic heterocycles. The number of pyridine rings is 1. The summed E-state index contributed by atoms with van der Waals surface area (Å²) in [6.07, 6.45) is 5.56. The van der Waals surface area contributed by atoms with Crippen LogP contribution in [0.25, 0.3) is 11.2 Å². The predicted octanol–water partition coefficient (Wildman–Crippen LogP) is 1.70. The average molecular weight is 318 g/mol. The third-order valence-corrected chi connectivity index (χ3v) is 4.89. The number of hydrogen-bond donors (Lipinski definition) is 1. The van der Waals surface area contributed by atoms with Gasteiger partial charge < -0.3 is 14.6 Å². The maximum Gasteiger partial charge on any atom is 0.255 e. The number of likely N-dealkylation sites (tertiary alicyclic amines) is 1. The minimum Gasteiger partial charge on any atom is -0.388 e. The van der Waals surface area contributed by atoms with E-state index < -0.39 is 12.3 Å². The van der Waals surface area contributed by atoms with E-state index >= 15 is 0 Å². The molecule has 0 bridgehead atoms. The number of halogens is 1. The Bertz CT molecular complexity index is 731. The molecule has 2 aliphatic rings. The molecule has 3 heterocycles. The van der Waals surface area contributed by atoms with Crippen molar-refractivity contribution < 1.29 is 14.3 Å². The zero-order chi connectivity index (χ0) is 16.0. The zero-order valence-electron chi connectivity index (χ0n) is 12.7. The van der Waals surface area contributed by atoms with Crippen LogP contribution in [-0.2, 0) is 0 Å². The molecule has 0 unspecified atom stereocenters. The van der Waals surface area contributed by atoms with Crippen molar-refractivity contribution in [3.8, 4) is 0 Å². The lowest BCUT2D eigenvalue weighted by molar-refractivity contribution is 0.0764. The fraction of sp³-hybridized carbons (Fsp3) is 0.562. The molecule has 122 valence electrons. The number of carbonyl (C=O) groups is 1. The predicted molar refractivity (Wildman–Crippen MR) is 81.8 cm³/mol. The highest BCUT2D eigenvalue weighted by Crippen LogP contribution is 2.31. The van der Waals surface area contributed by atoms with Crippen LogP contribution in [0.15, 0.2) is 18.6 Å². The highest BCUT2D eigenvalue weighted by atomic mass is 19.1. The van der Waals surface area contributed by atoms with Gasteiger partial charge in [0.25, 0.3) is 5.91 Å². The van der Waals surface area contributed by atoms with Gasteiger partial charge >= 0.3 is 0 Å². The standard InChI is InChI=1S/C16H19FN4O2/c17-12-7-20(8-14(12)22)16(23)10-5-13-15(18-6-10)21(9-19-13)11-3-1-2-4-11/h5-6,9,11-12,14,22H,1-4,7-8H2/t12-,14-/m1/s1. The molecule has 1 aliphatic heterocycles. The number of aliphatic hydroxyl groups is 1. The normalized spacial score (nSPS) is 25.6. The number of amides is 1. The highest BCUT2D eigenvalue weighted by Gasteiger charge is 2.34. The molecular formula is C16H19FN4O2. The topological polar surface area (TPSA) is 71.2 Å². The summed E-state index contributed by atoms with van der Waals surface area (Å²) in [7, 11) is 0. The zero-order valence-corrected chi connectivity index (χ0v) is 12.7. The van der Waals surface area contributed by atoms with Crippen LogP contribution >= 0.6 is 0 Å². The highest BCUT2D eigenvalue weighted by molar-refractivity contribution is 5.96. The maximum atomic E-state index is 13.4. The van der Waals surface area contributed by atoms with Gasteiger partial charge in [-0.15, -0.1) is 0 Å². The van der Waals surface area contributed by atoms with E-state index in [2.05, 4.69) is 14.5 Å². The van der Waals surface area contributed by atoms with Crippen molar-refractivity contribution in [3.05, 3.63) is 24.2 Å². The summed E-state index contributed by atoms with van der Waals surface area (Å²) in [5.74, 6) is -0.311. The van der Waals surface area contributed by atoms with E-state index in [0.717, 1.165) is 18.5 Å². The Morgan fingerprint density at radius 1 is 1.26 bits per heavy atom. The van der Waals surface area contributed by atoms with Gasteiger partial charge in [0.2, 0.25) is 0 Å². The fourth-order valence-corrected chi connectivity index (χ4v) is 3.58. The fourth-order valence-electron chi connectivity index (χ4n) is 3.58. The number of hydrogen-bond acceptors (Lipinski definition) is 4. The Balaban J connectivity index is 1.61. The molecule has 1 N–H and O–H groups in total. The number of nitrogens with zero attached hydrogens (tertiary/aromatic N) is 4. The molecule has 7 heteroatoms. The molecule has 4 rings (SSSR count). The van der Waals surface area contributed by atoms with Gasteiger partial charge in [0.1, 0.15) is 17.8 Å². The van der Waals surface area contributed by atoms with Gasteiger partial charge in [-0.25, -0.2) is 14.4 Å². The SMILES string of the molecule is O=C(c1cnc2c(c1)ncn2C1CCCC1)N1C[C@@H](O)[C@H](F)C1. The van der Waals surface area contributed by atoms with Crippen molar-refractivity contribution >= 4 is 17.1 Å². The van der Waals surface area contributed by atoms with Crippen molar-refractivity contribution in [1.29, 1.82) is 0 Å². The van der Waals surface area contributed by atoms with E-state index in [4.69, 9.17) is 0 Å². The summed E-state index contributed by atoms with van der Waals surface area (Å²) in [5, 5.41) is 9.46. The lowest BCUT2D eigenvalue weighted by atomic mass is 10.2. The Kier molecular flexibility index (Phi) is 3.52. The Labute approximate surface area is 132 Å². The minimum atomic E-state index is -1.38. The Morgan fingerprint density at radius 3 is 2.74 bits per heavy atom. The molecular weight excluding hydrogens is 299 g/mol. The van der Waals surface area contributed by atoms with Crippen LogP contribution in [0, 0.1) is 0 Å². The molecule has 1 amide bonds. The molecule has 2 fully saturated rings.